The summed E-state index contributed by atoms with van der Waals surface area (Å²) in [5.74, 6) is -0.992. The number of ether oxygens (including phenoxy) is 2. The lowest BCUT2D eigenvalue weighted by atomic mass is 9.87. The minimum Gasteiger partial charge on any atom is -0.490 e. The summed E-state index contributed by atoms with van der Waals surface area (Å²) in [6.07, 6.45) is 0. The maximum absolute atomic E-state index is 12.1. The molecule has 0 saturated carbocycles. The minimum absolute atomic E-state index is 0.0404. The van der Waals surface area contributed by atoms with Crippen LogP contribution in [0.25, 0.3) is 32.7 Å². The van der Waals surface area contributed by atoms with E-state index < -0.39 is 11.9 Å². The van der Waals surface area contributed by atoms with Gasteiger partial charge in [-0.2, -0.15) is 0 Å². The van der Waals surface area contributed by atoms with Gasteiger partial charge in [0.2, 0.25) is 0 Å². The standard InChI is InChI=1S/C24H16O6/c25-23(26)19-5-1-13-11-15-3-7-17(13)21(19)22-18-8-4-16(30-10-9-29-15)12-14(18)2-6-20(22)24(27)28/h1-8,11-12H,9-10H2,(H,25,26)(H,27,28). The van der Waals surface area contributed by atoms with Gasteiger partial charge in [-0.1, -0.05) is 24.3 Å². The van der Waals surface area contributed by atoms with E-state index in [9.17, 15) is 19.8 Å². The minimum atomic E-state index is -1.12. The van der Waals surface area contributed by atoms with Gasteiger partial charge < -0.3 is 19.7 Å². The molecule has 4 aromatic carbocycles. The van der Waals surface area contributed by atoms with Crippen molar-refractivity contribution >= 4 is 33.5 Å². The summed E-state index contributed by atoms with van der Waals surface area (Å²) >= 11 is 0. The smallest absolute Gasteiger partial charge is 0.336 e. The molecule has 6 heteroatoms. The van der Waals surface area contributed by atoms with Gasteiger partial charge in [-0.25, -0.2) is 9.59 Å². The number of aromatic carboxylic acids is 2. The molecule has 4 aromatic rings. The molecule has 4 aliphatic rings. The predicted octanol–water partition coefficient (Wildman–Crippen LogP) is 4.83. The first kappa shape index (κ1) is 18.0. The van der Waals surface area contributed by atoms with Crippen LogP contribution in [0.2, 0.25) is 0 Å². The second-order valence-corrected chi connectivity index (χ2v) is 7.05. The summed E-state index contributed by atoms with van der Waals surface area (Å²) in [4.78, 5) is 24.2. The fraction of sp³-hybridized carbons (Fsp3) is 0.0833. The number of carboxylic acids is 2. The van der Waals surface area contributed by atoms with E-state index in [2.05, 4.69) is 0 Å². The molecule has 4 aliphatic heterocycles. The Kier molecular flexibility index (Phi) is 4.06. The predicted molar refractivity (Wildman–Crippen MR) is 112 cm³/mol. The highest BCUT2D eigenvalue weighted by atomic mass is 16.5. The Morgan fingerprint density at radius 3 is 1.47 bits per heavy atom. The van der Waals surface area contributed by atoms with Crippen molar-refractivity contribution in [1.82, 2.24) is 0 Å². The number of benzene rings is 4. The van der Waals surface area contributed by atoms with Crippen molar-refractivity contribution < 1.29 is 29.3 Å². The third kappa shape index (κ3) is 2.81. The highest BCUT2D eigenvalue weighted by Crippen LogP contribution is 2.41. The molecule has 0 fully saturated rings. The van der Waals surface area contributed by atoms with Crippen LogP contribution in [0.5, 0.6) is 11.5 Å². The number of rotatable bonds is 2. The second kappa shape index (κ2) is 6.77. The molecule has 6 nitrogen and oxygen atoms in total. The normalized spacial score (nSPS) is 12.8. The van der Waals surface area contributed by atoms with Crippen molar-refractivity contribution in [3.05, 3.63) is 71.8 Å². The van der Waals surface area contributed by atoms with E-state index in [1.54, 1.807) is 36.4 Å². The van der Waals surface area contributed by atoms with Crippen LogP contribution in [0.3, 0.4) is 0 Å². The highest BCUT2D eigenvalue weighted by molar-refractivity contribution is 6.17. The van der Waals surface area contributed by atoms with Crippen molar-refractivity contribution in [1.29, 1.82) is 0 Å². The Balaban J connectivity index is 2.00. The Morgan fingerprint density at radius 1 is 0.633 bits per heavy atom. The molecule has 30 heavy (non-hydrogen) atoms. The van der Waals surface area contributed by atoms with E-state index in [1.807, 2.05) is 12.1 Å². The third-order valence-corrected chi connectivity index (χ3v) is 5.31. The number of carboxylic acid groups (broad SMARTS) is 2. The molecule has 8 rings (SSSR count). The van der Waals surface area contributed by atoms with Crippen molar-refractivity contribution in [2.75, 3.05) is 13.2 Å². The van der Waals surface area contributed by atoms with Gasteiger partial charge >= 0.3 is 11.9 Å². The SMILES string of the molecule is O=C(O)c1ccc2cc3ccc2c1-c1c(C(=O)O)ccc2cc(ccc12)OCCO3. The molecule has 0 saturated heterocycles. The number of carbonyl (C=O) groups is 2. The van der Waals surface area contributed by atoms with Gasteiger partial charge in [-0.3, -0.25) is 0 Å². The van der Waals surface area contributed by atoms with E-state index in [4.69, 9.17) is 9.47 Å². The molecule has 4 heterocycles. The number of hydrogen-bond acceptors (Lipinski definition) is 4. The molecule has 8 bridgehead atoms. The molecular weight excluding hydrogens is 384 g/mol. The van der Waals surface area contributed by atoms with Crippen molar-refractivity contribution in [3.8, 4) is 22.6 Å². The van der Waals surface area contributed by atoms with Crippen molar-refractivity contribution in [2.24, 2.45) is 0 Å². The average Bonchev–Trinajstić information content (AvgIpc) is 2.74. The van der Waals surface area contributed by atoms with Crippen LogP contribution < -0.4 is 9.47 Å². The topological polar surface area (TPSA) is 93.1 Å². The van der Waals surface area contributed by atoms with Crippen LogP contribution in [-0.2, 0) is 0 Å². The first-order valence-electron chi connectivity index (χ1n) is 9.39. The molecule has 0 aromatic heterocycles. The third-order valence-electron chi connectivity index (χ3n) is 5.31. The van der Waals surface area contributed by atoms with Gasteiger partial charge in [0.05, 0.1) is 11.1 Å². The fourth-order valence-electron chi connectivity index (χ4n) is 4.01. The van der Waals surface area contributed by atoms with Crippen LogP contribution in [0.1, 0.15) is 20.7 Å². The second-order valence-electron chi connectivity index (χ2n) is 7.05. The summed E-state index contributed by atoms with van der Waals surface area (Å²) in [7, 11) is 0. The van der Waals surface area contributed by atoms with Crippen LogP contribution >= 0.6 is 0 Å². The molecule has 148 valence electrons. The Bertz CT molecular complexity index is 1250. The molecule has 0 aliphatic carbocycles. The molecule has 0 spiro atoms. The lowest BCUT2D eigenvalue weighted by Crippen LogP contribution is -2.10. The van der Waals surface area contributed by atoms with Crippen LogP contribution in [-0.4, -0.2) is 35.4 Å². The monoisotopic (exact) mass is 400 g/mol. The zero-order valence-corrected chi connectivity index (χ0v) is 15.7. The van der Waals surface area contributed by atoms with Gasteiger partial charge in [0.25, 0.3) is 0 Å². The molecule has 0 atom stereocenters. The van der Waals surface area contributed by atoms with Crippen LogP contribution in [0.4, 0.5) is 0 Å². The fourth-order valence-corrected chi connectivity index (χ4v) is 4.01. The van der Waals surface area contributed by atoms with Gasteiger partial charge in [-0.15, -0.1) is 0 Å². The molecule has 2 N–H and O–H groups in total. The maximum Gasteiger partial charge on any atom is 0.336 e. The largest absolute Gasteiger partial charge is 0.490 e. The van der Waals surface area contributed by atoms with Crippen LogP contribution in [0.15, 0.2) is 60.7 Å². The average molecular weight is 400 g/mol. The van der Waals surface area contributed by atoms with Gasteiger partial charge in [0.15, 0.2) is 0 Å². The summed E-state index contributed by atoms with van der Waals surface area (Å²) in [5.41, 5.74) is 0.831. The summed E-state index contributed by atoms with van der Waals surface area (Å²) in [6.45, 7) is 0.708. The van der Waals surface area contributed by atoms with E-state index in [-0.39, 0.29) is 11.1 Å². The van der Waals surface area contributed by atoms with E-state index in [1.165, 1.54) is 12.1 Å². The zero-order valence-electron chi connectivity index (χ0n) is 15.7. The number of hydrogen-bond donors (Lipinski definition) is 2. The summed E-state index contributed by atoms with van der Waals surface area (Å²) in [6, 6.07) is 17.1. The Hall–Kier alpha value is -4.06. The lowest BCUT2D eigenvalue weighted by Gasteiger charge is -2.18. The van der Waals surface area contributed by atoms with E-state index >= 15 is 0 Å². The molecule has 0 amide bonds. The first-order chi connectivity index (χ1) is 14.5. The van der Waals surface area contributed by atoms with Gasteiger partial charge in [0.1, 0.15) is 24.7 Å². The molecule has 0 unspecified atom stereocenters. The quantitative estimate of drug-likeness (QED) is 0.501. The van der Waals surface area contributed by atoms with Crippen LogP contribution in [0, 0.1) is 0 Å². The van der Waals surface area contributed by atoms with E-state index in [0.717, 1.165) is 10.8 Å². The lowest BCUT2D eigenvalue weighted by molar-refractivity contribution is 0.0684. The van der Waals surface area contributed by atoms with Crippen molar-refractivity contribution in [3.63, 3.8) is 0 Å². The molecule has 0 radical (unpaired) electrons. The first-order valence-corrected chi connectivity index (χ1v) is 9.39. The zero-order chi connectivity index (χ0) is 20.8. The maximum atomic E-state index is 12.1. The van der Waals surface area contributed by atoms with E-state index in [0.29, 0.717) is 46.6 Å². The van der Waals surface area contributed by atoms with Gasteiger partial charge in [-0.05, 0) is 57.9 Å². The summed E-state index contributed by atoms with van der Waals surface area (Å²) < 4.78 is 11.5. The highest BCUT2D eigenvalue weighted by Gasteiger charge is 2.23. The molecular formula is C24H16O6. The Morgan fingerprint density at radius 2 is 1.07 bits per heavy atom. The van der Waals surface area contributed by atoms with Gasteiger partial charge in [0, 0.05) is 11.1 Å². The Labute approximate surface area is 170 Å². The summed E-state index contributed by atoms with van der Waals surface area (Å²) in [5, 5.41) is 22.6. The van der Waals surface area contributed by atoms with Crippen molar-refractivity contribution in [2.45, 2.75) is 0 Å².